The fourth-order valence-electron chi connectivity index (χ4n) is 2.44. The van der Waals surface area contributed by atoms with Crippen LogP contribution >= 0.6 is 11.6 Å². The molecule has 27 heavy (non-hydrogen) atoms. The van der Waals surface area contributed by atoms with Gasteiger partial charge in [0.15, 0.2) is 5.69 Å². The van der Waals surface area contributed by atoms with Crippen LogP contribution in [0.3, 0.4) is 0 Å². The Bertz CT molecular complexity index is 1110. The van der Waals surface area contributed by atoms with Crippen LogP contribution in [0.2, 0.25) is 5.02 Å². The van der Waals surface area contributed by atoms with Crippen molar-refractivity contribution >= 4 is 23.2 Å². The zero-order valence-electron chi connectivity index (χ0n) is 14.6. The van der Waals surface area contributed by atoms with Gasteiger partial charge in [-0.25, -0.2) is 14.5 Å². The van der Waals surface area contributed by atoms with Crippen LogP contribution in [0.1, 0.15) is 35.9 Å². The molecule has 8 nitrogen and oxygen atoms in total. The van der Waals surface area contributed by atoms with E-state index in [9.17, 15) is 14.4 Å². The summed E-state index contributed by atoms with van der Waals surface area (Å²) in [6.07, 6.45) is 3.14. The summed E-state index contributed by atoms with van der Waals surface area (Å²) in [5, 5.41) is 4.44. The second-order valence-corrected chi connectivity index (χ2v) is 6.31. The van der Waals surface area contributed by atoms with Gasteiger partial charge in [0.1, 0.15) is 12.3 Å². The highest BCUT2D eigenvalue weighted by molar-refractivity contribution is 6.30. The van der Waals surface area contributed by atoms with Crippen LogP contribution in [0.5, 0.6) is 0 Å². The number of pyridine rings is 1. The van der Waals surface area contributed by atoms with Gasteiger partial charge in [0, 0.05) is 24.9 Å². The molecule has 0 aromatic carbocycles. The Balaban J connectivity index is 1.76. The highest BCUT2D eigenvalue weighted by Gasteiger charge is 2.12. The molecule has 140 valence electrons. The molecule has 0 bridgehead atoms. The minimum atomic E-state index is -0.696. The molecular formula is C18H17ClN4O4. The quantitative estimate of drug-likeness (QED) is 0.600. The first-order valence-electron chi connectivity index (χ1n) is 8.41. The molecule has 0 radical (unpaired) electrons. The highest BCUT2D eigenvalue weighted by Crippen LogP contribution is 2.09. The van der Waals surface area contributed by atoms with Gasteiger partial charge in [-0.3, -0.25) is 14.0 Å². The van der Waals surface area contributed by atoms with E-state index in [-0.39, 0.29) is 23.4 Å². The van der Waals surface area contributed by atoms with Crippen molar-refractivity contribution in [3.8, 4) is 0 Å². The topological polar surface area (TPSA) is 95.6 Å². The summed E-state index contributed by atoms with van der Waals surface area (Å²) in [5.74, 6) is -0.696. The van der Waals surface area contributed by atoms with Gasteiger partial charge < -0.3 is 4.74 Å². The lowest BCUT2D eigenvalue weighted by molar-refractivity contribution is 0.0457. The standard InChI is InChI=1S/C18H17ClN4O4/c1-2-3-8-23-16(24)7-5-14(21-23)18(26)27-11-13-9-17(25)22-10-12(19)4-6-15(22)20-13/h4-7,9-10H,2-3,8,11H2,1H3. The van der Waals surface area contributed by atoms with E-state index in [1.807, 2.05) is 6.92 Å². The largest absolute Gasteiger partial charge is 0.454 e. The lowest BCUT2D eigenvalue weighted by Crippen LogP contribution is -2.25. The SMILES string of the molecule is CCCCn1nc(C(=O)OCc2cc(=O)n3cc(Cl)ccc3n2)ccc1=O. The van der Waals surface area contributed by atoms with E-state index in [0.717, 1.165) is 12.8 Å². The number of nitrogens with zero attached hydrogens (tertiary/aromatic N) is 4. The molecule has 0 fully saturated rings. The van der Waals surface area contributed by atoms with Crippen molar-refractivity contribution in [2.45, 2.75) is 32.9 Å². The molecule has 3 aromatic heterocycles. The second-order valence-electron chi connectivity index (χ2n) is 5.87. The number of rotatable bonds is 6. The van der Waals surface area contributed by atoms with Crippen molar-refractivity contribution in [2.24, 2.45) is 0 Å². The Morgan fingerprint density at radius 2 is 2.00 bits per heavy atom. The van der Waals surface area contributed by atoms with Crippen molar-refractivity contribution in [1.82, 2.24) is 19.2 Å². The molecule has 0 atom stereocenters. The number of aryl methyl sites for hydroxylation is 1. The third-order valence-electron chi connectivity index (χ3n) is 3.83. The summed E-state index contributed by atoms with van der Waals surface area (Å²) in [4.78, 5) is 40.4. The monoisotopic (exact) mass is 388 g/mol. The Hall–Kier alpha value is -3.00. The molecule has 0 aliphatic carbocycles. The highest BCUT2D eigenvalue weighted by atomic mass is 35.5. The van der Waals surface area contributed by atoms with Crippen LogP contribution in [-0.4, -0.2) is 25.1 Å². The zero-order valence-corrected chi connectivity index (χ0v) is 15.3. The number of halogens is 1. The van der Waals surface area contributed by atoms with Gasteiger partial charge in [0.2, 0.25) is 0 Å². The van der Waals surface area contributed by atoms with E-state index < -0.39 is 5.97 Å². The summed E-state index contributed by atoms with van der Waals surface area (Å²) in [6, 6.07) is 7.08. The fraction of sp³-hybridized carbons (Fsp3) is 0.278. The van der Waals surface area contributed by atoms with Crippen LogP contribution < -0.4 is 11.1 Å². The van der Waals surface area contributed by atoms with Gasteiger partial charge in [-0.15, -0.1) is 0 Å². The van der Waals surface area contributed by atoms with Crippen molar-refractivity contribution in [1.29, 1.82) is 0 Å². The molecule has 0 aliphatic heterocycles. The molecule has 0 N–H and O–H groups in total. The Morgan fingerprint density at radius 1 is 1.19 bits per heavy atom. The number of hydrogen-bond acceptors (Lipinski definition) is 6. The molecular weight excluding hydrogens is 372 g/mol. The molecule has 3 heterocycles. The Kier molecular flexibility index (Phi) is 5.66. The molecule has 0 aliphatic rings. The van der Waals surface area contributed by atoms with Crippen molar-refractivity contribution in [2.75, 3.05) is 0 Å². The van der Waals surface area contributed by atoms with Gasteiger partial charge in [-0.2, -0.15) is 5.10 Å². The minimum Gasteiger partial charge on any atom is -0.454 e. The van der Waals surface area contributed by atoms with Crippen molar-refractivity contribution in [3.05, 3.63) is 73.6 Å². The average molecular weight is 389 g/mol. The van der Waals surface area contributed by atoms with E-state index in [2.05, 4.69) is 10.1 Å². The van der Waals surface area contributed by atoms with Crippen LogP contribution in [0.25, 0.3) is 5.65 Å². The molecule has 0 saturated heterocycles. The van der Waals surface area contributed by atoms with Gasteiger partial charge in [0.05, 0.1) is 10.7 Å². The van der Waals surface area contributed by atoms with E-state index >= 15 is 0 Å². The van der Waals surface area contributed by atoms with E-state index in [1.165, 1.54) is 33.5 Å². The molecule has 0 saturated carbocycles. The zero-order chi connectivity index (χ0) is 19.4. The predicted molar refractivity (Wildman–Crippen MR) is 99.0 cm³/mol. The fourth-order valence-corrected chi connectivity index (χ4v) is 2.60. The number of ether oxygens (including phenoxy) is 1. The summed E-state index contributed by atoms with van der Waals surface area (Å²) < 4.78 is 7.73. The van der Waals surface area contributed by atoms with Gasteiger partial charge in [-0.1, -0.05) is 24.9 Å². The number of carbonyl (C=O) groups is 1. The predicted octanol–water partition coefficient (Wildman–Crippen LogP) is 2.06. The number of fused-ring (bicyclic) bond motifs is 1. The van der Waals surface area contributed by atoms with E-state index in [4.69, 9.17) is 16.3 Å². The van der Waals surface area contributed by atoms with Crippen LogP contribution in [0.4, 0.5) is 0 Å². The number of unbranched alkanes of at least 4 members (excludes halogenated alkanes) is 1. The normalized spacial score (nSPS) is 10.9. The van der Waals surface area contributed by atoms with Crippen LogP contribution in [0, 0.1) is 0 Å². The third-order valence-corrected chi connectivity index (χ3v) is 4.05. The lowest BCUT2D eigenvalue weighted by Gasteiger charge is -2.08. The van der Waals surface area contributed by atoms with Gasteiger partial charge >= 0.3 is 5.97 Å². The number of aromatic nitrogens is 4. The third kappa shape index (κ3) is 4.40. The maximum Gasteiger partial charge on any atom is 0.359 e. The second kappa shape index (κ2) is 8.13. The summed E-state index contributed by atoms with van der Waals surface area (Å²) in [7, 11) is 0. The Labute approximate surface area is 159 Å². The number of carbonyl (C=O) groups excluding carboxylic acids is 1. The van der Waals surface area contributed by atoms with Gasteiger partial charge in [0.25, 0.3) is 11.1 Å². The molecule has 3 rings (SSSR count). The summed E-state index contributed by atoms with van der Waals surface area (Å²) >= 11 is 5.87. The first kappa shape index (κ1) is 18.8. The smallest absolute Gasteiger partial charge is 0.359 e. The van der Waals surface area contributed by atoms with E-state index in [0.29, 0.717) is 22.9 Å². The maximum atomic E-state index is 12.2. The molecule has 0 amide bonds. The first-order valence-corrected chi connectivity index (χ1v) is 8.79. The number of esters is 1. The van der Waals surface area contributed by atoms with Gasteiger partial charge in [-0.05, 0) is 24.6 Å². The molecule has 0 unspecified atom stereocenters. The van der Waals surface area contributed by atoms with E-state index in [1.54, 1.807) is 12.1 Å². The maximum absolute atomic E-state index is 12.2. The Morgan fingerprint density at radius 3 is 2.78 bits per heavy atom. The minimum absolute atomic E-state index is 0.0231. The molecule has 9 heteroatoms. The van der Waals surface area contributed by atoms with Crippen LogP contribution in [0.15, 0.2) is 46.1 Å². The van der Waals surface area contributed by atoms with Crippen LogP contribution in [-0.2, 0) is 17.9 Å². The first-order chi connectivity index (χ1) is 13.0. The average Bonchev–Trinajstić information content (AvgIpc) is 2.66. The molecule has 0 spiro atoms. The summed E-state index contributed by atoms with van der Waals surface area (Å²) in [5.41, 5.74) is 0.108. The van der Waals surface area contributed by atoms with Crippen molar-refractivity contribution < 1.29 is 9.53 Å². The van der Waals surface area contributed by atoms with Crippen molar-refractivity contribution in [3.63, 3.8) is 0 Å². The molecule has 3 aromatic rings. The summed E-state index contributed by atoms with van der Waals surface area (Å²) in [6.45, 7) is 2.24. The lowest BCUT2D eigenvalue weighted by atomic mass is 10.3. The number of hydrogen-bond donors (Lipinski definition) is 0.